The summed E-state index contributed by atoms with van der Waals surface area (Å²) in [5.41, 5.74) is 3.97. The summed E-state index contributed by atoms with van der Waals surface area (Å²) in [4.78, 5) is 0. The summed E-state index contributed by atoms with van der Waals surface area (Å²) >= 11 is 0. The highest BCUT2D eigenvalue weighted by Gasteiger charge is 2.57. The summed E-state index contributed by atoms with van der Waals surface area (Å²) in [6, 6.07) is 0. The normalized spacial score (nSPS) is 56.3. The lowest BCUT2D eigenvalue weighted by atomic mass is 9.51. The maximum absolute atomic E-state index is 3.67. The van der Waals surface area contributed by atoms with Crippen LogP contribution in [-0.4, -0.2) is 16.7 Å². The van der Waals surface area contributed by atoms with Crippen LogP contribution in [0.25, 0.3) is 0 Å². The van der Waals surface area contributed by atoms with Gasteiger partial charge in [-0.2, -0.15) is 0 Å². The molecule has 5 fully saturated rings. The molecule has 5 rings (SSSR count). The molecule has 0 spiro atoms. The van der Waals surface area contributed by atoms with E-state index in [1.165, 1.54) is 0 Å². The molecule has 0 radical (unpaired) electrons. The fourth-order valence-electron chi connectivity index (χ4n) is 5.46. The van der Waals surface area contributed by atoms with Gasteiger partial charge < -0.3 is 0 Å². The predicted molar refractivity (Wildman–Crippen MR) is 69.1 cm³/mol. The summed E-state index contributed by atoms with van der Waals surface area (Å²) in [5, 5.41) is 2.51. The van der Waals surface area contributed by atoms with Crippen LogP contribution in [-0.2, 0) is 0 Å². The van der Waals surface area contributed by atoms with E-state index in [0.29, 0.717) is 11.7 Å². The number of rotatable bonds is 1. The SMILES string of the molecule is CC(C)(C)N1NC1C1C2CC3CC(C2)CC1C3. The van der Waals surface area contributed by atoms with Crippen molar-refractivity contribution in [3.63, 3.8) is 0 Å². The van der Waals surface area contributed by atoms with Gasteiger partial charge in [-0.25, -0.2) is 10.4 Å². The fourth-order valence-corrected chi connectivity index (χ4v) is 5.46. The minimum atomic E-state index is 0.305. The van der Waals surface area contributed by atoms with Gasteiger partial charge in [-0.05, 0) is 82.5 Å². The second kappa shape index (κ2) is 3.27. The van der Waals surface area contributed by atoms with Gasteiger partial charge in [0.1, 0.15) is 0 Å². The van der Waals surface area contributed by atoms with Crippen molar-refractivity contribution in [2.45, 2.75) is 64.6 Å². The van der Waals surface area contributed by atoms with Crippen molar-refractivity contribution >= 4 is 0 Å². The maximum atomic E-state index is 3.67. The van der Waals surface area contributed by atoms with Gasteiger partial charge in [0.25, 0.3) is 0 Å². The number of nitrogens with one attached hydrogen (secondary N) is 1. The standard InChI is InChI=1S/C15H26N2/c1-15(2,3)17-14(16-17)13-11-5-9-4-10(7-11)8-12(13)6-9/h9-14,16H,4-8H2,1-3H3. The summed E-state index contributed by atoms with van der Waals surface area (Å²) < 4.78 is 0. The van der Waals surface area contributed by atoms with Gasteiger partial charge in [-0.3, -0.25) is 0 Å². The molecule has 0 aromatic heterocycles. The highest BCUT2D eigenvalue weighted by Crippen LogP contribution is 2.59. The van der Waals surface area contributed by atoms with E-state index in [-0.39, 0.29) is 0 Å². The Bertz CT molecular complexity index is 302. The minimum absolute atomic E-state index is 0.305. The van der Waals surface area contributed by atoms with Crippen molar-refractivity contribution in [2.24, 2.45) is 29.6 Å². The first-order valence-electron chi connectivity index (χ1n) is 7.58. The first-order chi connectivity index (χ1) is 8.02. The number of hydrogen-bond donors (Lipinski definition) is 1. The van der Waals surface area contributed by atoms with Crippen molar-refractivity contribution in [1.29, 1.82) is 0 Å². The quantitative estimate of drug-likeness (QED) is 0.706. The zero-order valence-corrected chi connectivity index (χ0v) is 11.4. The molecule has 2 unspecified atom stereocenters. The third-order valence-corrected chi connectivity index (χ3v) is 5.87. The van der Waals surface area contributed by atoms with Crippen LogP contribution in [0.1, 0.15) is 52.9 Å². The Balaban J connectivity index is 1.53. The first-order valence-corrected chi connectivity index (χ1v) is 7.58. The van der Waals surface area contributed by atoms with Crippen LogP contribution in [0.4, 0.5) is 0 Å². The molecule has 2 heteroatoms. The Kier molecular flexibility index (Phi) is 2.08. The third kappa shape index (κ3) is 1.60. The third-order valence-electron chi connectivity index (χ3n) is 5.87. The van der Waals surface area contributed by atoms with Gasteiger partial charge in [0.15, 0.2) is 0 Å². The Morgan fingerprint density at radius 2 is 1.41 bits per heavy atom. The molecule has 1 heterocycles. The van der Waals surface area contributed by atoms with Crippen molar-refractivity contribution in [1.82, 2.24) is 10.4 Å². The predicted octanol–water partition coefficient (Wildman–Crippen LogP) is 3.00. The maximum Gasteiger partial charge on any atom is 0.0903 e. The fraction of sp³-hybridized carbons (Fsp3) is 1.00. The Labute approximate surface area is 105 Å². The molecule has 4 saturated carbocycles. The first kappa shape index (κ1) is 10.8. The second-order valence-corrected chi connectivity index (χ2v) is 8.12. The molecule has 4 aliphatic carbocycles. The average molecular weight is 234 g/mol. The van der Waals surface area contributed by atoms with Crippen LogP contribution in [0.5, 0.6) is 0 Å². The van der Waals surface area contributed by atoms with E-state index < -0.39 is 0 Å². The van der Waals surface area contributed by atoms with Gasteiger partial charge in [0.2, 0.25) is 0 Å². The van der Waals surface area contributed by atoms with Crippen molar-refractivity contribution in [3.05, 3.63) is 0 Å². The molecule has 4 bridgehead atoms. The van der Waals surface area contributed by atoms with E-state index in [9.17, 15) is 0 Å². The van der Waals surface area contributed by atoms with E-state index in [0.717, 1.165) is 29.6 Å². The molecule has 5 aliphatic rings. The largest absolute Gasteiger partial charge is 0.234 e. The lowest BCUT2D eigenvalue weighted by Gasteiger charge is -2.54. The molecule has 0 aromatic rings. The van der Waals surface area contributed by atoms with Crippen LogP contribution in [0, 0.1) is 29.6 Å². The van der Waals surface area contributed by atoms with E-state index in [4.69, 9.17) is 0 Å². The van der Waals surface area contributed by atoms with Gasteiger partial charge >= 0.3 is 0 Å². The molecule has 1 saturated heterocycles. The molecule has 17 heavy (non-hydrogen) atoms. The molecule has 2 atom stereocenters. The topological polar surface area (TPSA) is 25.0 Å². The molecule has 1 aliphatic heterocycles. The molecule has 96 valence electrons. The number of hydrazine groups is 1. The Hall–Kier alpha value is -0.0800. The molecule has 0 amide bonds. The molecular weight excluding hydrogens is 208 g/mol. The van der Waals surface area contributed by atoms with Gasteiger partial charge in [-0.1, -0.05) is 0 Å². The van der Waals surface area contributed by atoms with Crippen molar-refractivity contribution in [2.75, 3.05) is 0 Å². The van der Waals surface area contributed by atoms with Gasteiger partial charge in [0, 0.05) is 5.54 Å². The van der Waals surface area contributed by atoms with Crippen molar-refractivity contribution in [3.8, 4) is 0 Å². The van der Waals surface area contributed by atoms with Crippen molar-refractivity contribution < 1.29 is 0 Å². The smallest absolute Gasteiger partial charge is 0.0903 e. The zero-order chi connectivity index (χ0) is 11.8. The number of nitrogens with zero attached hydrogens (tertiary/aromatic N) is 1. The summed E-state index contributed by atoms with van der Waals surface area (Å²) in [5.74, 6) is 5.29. The van der Waals surface area contributed by atoms with E-state index in [2.05, 4.69) is 31.2 Å². The number of hydrogen-bond acceptors (Lipinski definition) is 2. The summed E-state index contributed by atoms with van der Waals surface area (Å²) in [6.07, 6.45) is 8.48. The van der Waals surface area contributed by atoms with Gasteiger partial charge in [-0.15, -0.1) is 0 Å². The van der Waals surface area contributed by atoms with Crippen LogP contribution in [0.15, 0.2) is 0 Å². The second-order valence-electron chi connectivity index (χ2n) is 8.12. The monoisotopic (exact) mass is 234 g/mol. The lowest BCUT2D eigenvalue weighted by Crippen LogP contribution is -2.48. The van der Waals surface area contributed by atoms with Crippen LogP contribution in [0.2, 0.25) is 0 Å². The Morgan fingerprint density at radius 3 is 1.82 bits per heavy atom. The molecule has 0 aromatic carbocycles. The molecular formula is C15H26N2. The van der Waals surface area contributed by atoms with Crippen LogP contribution in [0.3, 0.4) is 0 Å². The Morgan fingerprint density at radius 1 is 0.882 bits per heavy atom. The highest BCUT2D eigenvalue weighted by atomic mass is 15.8. The summed E-state index contributed by atoms with van der Waals surface area (Å²) in [7, 11) is 0. The van der Waals surface area contributed by atoms with Gasteiger partial charge in [0.05, 0.1) is 6.17 Å². The van der Waals surface area contributed by atoms with E-state index in [1.807, 2.05) is 0 Å². The van der Waals surface area contributed by atoms with Crippen LogP contribution >= 0.6 is 0 Å². The average Bonchev–Trinajstić information content (AvgIpc) is 2.94. The van der Waals surface area contributed by atoms with E-state index >= 15 is 0 Å². The molecule has 1 N–H and O–H groups in total. The zero-order valence-electron chi connectivity index (χ0n) is 11.4. The van der Waals surface area contributed by atoms with Crippen LogP contribution < -0.4 is 5.43 Å². The molecule has 2 nitrogen and oxygen atoms in total. The summed E-state index contributed by atoms with van der Waals surface area (Å²) in [6.45, 7) is 6.99. The minimum Gasteiger partial charge on any atom is -0.234 e. The highest BCUT2D eigenvalue weighted by molar-refractivity contribution is 5.05. The van der Waals surface area contributed by atoms with E-state index in [1.54, 1.807) is 32.1 Å². The lowest BCUT2D eigenvalue weighted by molar-refractivity contribution is -0.0442.